The van der Waals surface area contributed by atoms with E-state index in [-0.39, 0.29) is 18.3 Å². The molecule has 0 fully saturated rings. The van der Waals surface area contributed by atoms with E-state index in [0.717, 1.165) is 22.3 Å². The van der Waals surface area contributed by atoms with E-state index in [4.69, 9.17) is 4.74 Å². The van der Waals surface area contributed by atoms with Crippen LogP contribution in [-0.2, 0) is 36.3 Å². The summed E-state index contributed by atoms with van der Waals surface area (Å²) in [4.78, 5) is 12.5. The maximum atomic E-state index is 12.5. The Bertz CT molecular complexity index is 899. The Morgan fingerprint density at radius 1 is 1.07 bits per heavy atom. The molecule has 2 N–H and O–H groups in total. The van der Waals surface area contributed by atoms with E-state index in [0.29, 0.717) is 19.8 Å². The van der Waals surface area contributed by atoms with Crippen molar-refractivity contribution < 1.29 is 9.53 Å². The summed E-state index contributed by atoms with van der Waals surface area (Å²) in [7, 11) is 3.60. The zero-order valence-electron chi connectivity index (χ0n) is 16.7. The number of nitrogens with one attached hydrogen (secondary N) is 2. The minimum absolute atomic E-state index is 0. The van der Waals surface area contributed by atoms with Crippen LogP contribution < -0.4 is 10.6 Å². The number of nitrogens with zero attached hydrogens (tertiary/aromatic N) is 2. The third-order valence-electron chi connectivity index (χ3n) is 4.45. The Morgan fingerprint density at radius 3 is 2.45 bits per heavy atom. The van der Waals surface area contributed by atoms with Gasteiger partial charge in [-0.3, -0.25) is 9.48 Å². The second kappa shape index (κ2) is 11.4. The zero-order chi connectivity index (χ0) is 19.8. The maximum Gasteiger partial charge on any atom is 0.242 e. The summed E-state index contributed by atoms with van der Waals surface area (Å²) in [6.45, 7) is 1.58. The molecular formula is C22H27ClN4O2. The highest BCUT2D eigenvalue weighted by Gasteiger charge is 2.19. The average Bonchev–Trinajstić information content (AvgIpc) is 3.14. The van der Waals surface area contributed by atoms with E-state index in [9.17, 15) is 4.79 Å². The molecule has 0 aliphatic heterocycles. The van der Waals surface area contributed by atoms with Gasteiger partial charge in [0.1, 0.15) is 6.04 Å². The molecule has 1 heterocycles. The molecule has 0 radical (unpaired) electrons. The van der Waals surface area contributed by atoms with Gasteiger partial charge in [-0.15, -0.1) is 12.4 Å². The normalized spacial score (nSPS) is 11.5. The summed E-state index contributed by atoms with van der Waals surface area (Å²) < 4.78 is 7.48. The average molecular weight is 415 g/mol. The highest BCUT2D eigenvalue weighted by molar-refractivity contribution is 5.85. The smallest absolute Gasteiger partial charge is 0.242 e. The molecule has 1 aromatic heterocycles. The Morgan fingerprint density at radius 2 is 1.76 bits per heavy atom. The molecule has 29 heavy (non-hydrogen) atoms. The van der Waals surface area contributed by atoms with Gasteiger partial charge < -0.3 is 15.4 Å². The van der Waals surface area contributed by atoms with Crippen LogP contribution in [0.25, 0.3) is 0 Å². The second-order valence-electron chi connectivity index (χ2n) is 6.69. The van der Waals surface area contributed by atoms with Crippen molar-refractivity contribution in [3.05, 3.63) is 89.2 Å². The topological polar surface area (TPSA) is 68.2 Å². The summed E-state index contributed by atoms with van der Waals surface area (Å²) in [5.74, 6) is -0.0822. The number of hydrogen-bond acceptors (Lipinski definition) is 4. The van der Waals surface area contributed by atoms with Gasteiger partial charge in [-0.1, -0.05) is 54.6 Å². The minimum Gasteiger partial charge on any atom is -0.372 e. The number of rotatable bonds is 9. The first kappa shape index (κ1) is 22.6. The highest BCUT2D eigenvalue weighted by atomic mass is 35.5. The second-order valence-corrected chi connectivity index (χ2v) is 6.69. The van der Waals surface area contributed by atoms with Crippen molar-refractivity contribution in [2.45, 2.75) is 25.8 Å². The maximum absolute atomic E-state index is 12.5. The van der Waals surface area contributed by atoms with Crippen LogP contribution in [0.2, 0.25) is 0 Å². The molecule has 0 spiro atoms. The van der Waals surface area contributed by atoms with E-state index >= 15 is 0 Å². The van der Waals surface area contributed by atoms with Gasteiger partial charge in [-0.2, -0.15) is 5.10 Å². The van der Waals surface area contributed by atoms with E-state index in [1.54, 1.807) is 17.9 Å². The van der Waals surface area contributed by atoms with Gasteiger partial charge in [0.25, 0.3) is 0 Å². The Hall–Kier alpha value is -2.67. The van der Waals surface area contributed by atoms with Crippen LogP contribution in [0.3, 0.4) is 0 Å². The molecule has 154 valence electrons. The third-order valence-corrected chi connectivity index (χ3v) is 4.45. The molecule has 3 rings (SSSR count). The number of ether oxygens (including phenoxy) is 1. The summed E-state index contributed by atoms with van der Waals surface area (Å²) >= 11 is 0. The molecule has 0 aliphatic rings. The van der Waals surface area contributed by atoms with Gasteiger partial charge in [-0.05, 0) is 23.7 Å². The number of halogens is 1. The number of amides is 1. The SMILES string of the molecule is CNC(C(=O)NCc1cccc(COCc2ccccc2)c1)c1cnn(C)c1.Cl. The van der Waals surface area contributed by atoms with Gasteiger partial charge in [0.05, 0.1) is 19.4 Å². The fourth-order valence-corrected chi connectivity index (χ4v) is 3.02. The standard InChI is InChI=1S/C22H26N4O2.ClH/c1-23-21(20-13-25-26(2)14-20)22(27)24-12-18-9-6-10-19(11-18)16-28-15-17-7-4-3-5-8-17;/h3-11,13-14,21,23H,12,15-16H2,1-2H3,(H,24,27);1H. The molecule has 1 atom stereocenters. The highest BCUT2D eigenvalue weighted by Crippen LogP contribution is 2.13. The van der Waals surface area contributed by atoms with Crippen molar-refractivity contribution in [1.82, 2.24) is 20.4 Å². The fourth-order valence-electron chi connectivity index (χ4n) is 3.02. The number of aromatic nitrogens is 2. The van der Waals surface area contributed by atoms with Crippen LogP contribution in [0.15, 0.2) is 67.0 Å². The number of carbonyl (C=O) groups excluding carboxylic acids is 1. The largest absolute Gasteiger partial charge is 0.372 e. The first-order valence-electron chi connectivity index (χ1n) is 9.28. The van der Waals surface area contributed by atoms with E-state index in [2.05, 4.69) is 21.8 Å². The van der Waals surface area contributed by atoms with Gasteiger partial charge >= 0.3 is 0 Å². The number of benzene rings is 2. The lowest BCUT2D eigenvalue weighted by atomic mass is 10.1. The van der Waals surface area contributed by atoms with Crippen LogP contribution in [0.5, 0.6) is 0 Å². The lowest BCUT2D eigenvalue weighted by molar-refractivity contribution is -0.123. The number of hydrogen-bond donors (Lipinski definition) is 2. The van der Waals surface area contributed by atoms with Gasteiger partial charge in [-0.25, -0.2) is 0 Å². The molecule has 7 heteroatoms. The molecule has 1 amide bonds. The molecule has 3 aromatic rings. The summed E-state index contributed by atoms with van der Waals surface area (Å²) in [5.41, 5.74) is 4.11. The lowest BCUT2D eigenvalue weighted by Crippen LogP contribution is -2.35. The molecule has 0 saturated carbocycles. The summed E-state index contributed by atoms with van der Waals surface area (Å²) in [6, 6.07) is 17.8. The molecule has 1 unspecified atom stereocenters. The van der Waals surface area contributed by atoms with E-state index < -0.39 is 6.04 Å². The zero-order valence-corrected chi connectivity index (χ0v) is 17.5. The van der Waals surface area contributed by atoms with Crippen LogP contribution >= 0.6 is 12.4 Å². The number of carbonyl (C=O) groups is 1. The predicted molar refractivity (Wildman–Crippen MR) is 115 cm³/mol. The lowest BCUT2D eigenvalue weighted by Gasteiger charge is -2.15. The first-order chi connectivity index (χ1) is 13.7. The van der Waals surface area contributed by atoms with Gasteiger partial charge in [0.15, 0.2) is 0 Å². The van der Waals surface area contributed by atoms with E-state index in [1.807, 2.05) is 61.8 Å². The van der Waals surface area contributed by atoms with Crippen molar-refractivity contribution in [3.8, 4) is 0 Å². The monoisotopic (exact) mass is 414 g/mol. The van der Waals surface area contributed by atoms with Crippen molar-refractivity contribution in [2.24, 2.45) is 7.05 Å². The van der Waals surface area contributed by atoms with Gasteiger partial charge in [0, 0.05) is 25.4 Å². The summed E-state index contributed by atoms with van der Waals surface area (Å²) in [5, 5.41) is 10.2. The van der Waals surface area contributed by atoms with Crippen molar-refractivity contribution in [1.29, 1.82) is 0 Å². The Labute approximate surface area is 177 Å². The molecule has 2 aromatic carbocycles. The molecular weight excluding hydrogens is 388 g/mol. The fraction of sp³-hybridized carbons (Fsp3) is 0.273. The van der Waals surface area contributed by atoms with E-state index in [1.165, 1.54) is 0 Å². The van der Waals surface area contributed by atoms with Crippen molar-refractivity contribution >= 4 is 18.3 Å². The van der Waals surface area contributed by atoms with Crippen LogP contribution in [0, 0.1) is 0 Å². The Kier molecular flexibility index (Phi) is 8.86. The number of aryl methyl sites for hydroxylation is 1. The van der Waals surface area contributed by atoms with Crippen LogP contribution in [0.4, 0.5) is 0 Å². The third kappa shape index (κ3) is 6.71. The molecule has 0 saturated heterocycles. The number of likely N-dealkylation sites (N-methyl/N-ethyl adjacent to an activating group) is 1. The molecule has 0 bridgehead atoms. The van der Waals surface area contributed by atoms with Crippen LogP contribution in [0.1, 0.15) is 28.3 Å². The quantitative estimate of drug-likeness (QED) is 0.564. The first-order valence-corrected chi connectivity index (χ1v) is 9.28. The predicted octanol–water partition coefficient (Wildman–Crippen LogP) is 3.14. The summed E-state index contributed by atoms with van der Waals surface area (Å²) in [6.07, 6.45) is 3.54. The minimum atomic E-state index is -0.425. The Balaban J connectivity index is 0.00000300. The van der Waals surface area contributed by atoms with Crippen molar-refractivity contribution in [3.63, 3.8) is 0 Å². The van der Waals surface area contributed by atoms with Gasteiger partial charge in [0.2, 0.25) is 5.91 Å². The van der Waals surface area contributed by atoms with Crippen LogP contribution in [-0.4, -0.2) is 22.7 Å². The molecule has 0 aliphatic carbocycles. The van der Waals surface area contributed by atoms with Crippen molar-refractivity contribution in [2.75, 3.05) is 7.05 Å². The molecule has 6 nitrogen and oxygen atoms in total.